The molecule has 1 fully saturated rings. The maximum Gasteiger partial charge on any atom is 0.251 e. The molecule has 4 heteroatoms. The van der Waals surface area contributed by atoms with Gasteiger partial charge in [0.2, 0.25) is 0 Å². The van der Waals surface area contributed by atoms with Crippen molar-refractivity contribution in [2.24, 2.45) is 5.92 Å². The predicted octanol–water partition coefficient (Wildman–Crippen LogP) is 4.31. The Morgan fingerprint density at radius 2 is 2.05 bits per heavy atom. The van der Waals surface area contributed by atoms with Crippen LogP contribution in [0.25, 0.3) is 0 Å². The van der Waals surface area contributed by atoms with Crippen LogP contribution < -0.4 is 4.90 Å². The van der Waals surface area contributed by atoms with E-state index in [1.807, 2.05) is 13.0 Å². The van der Waals surface area contributed by atoms with Gasteiger partial charge in [0.15, 0.2) is 0 Å². The molecule has 22 heavy (non-hydrogen) atoms. The highest BCUT2D eigenvalue weighted by atomic mass is 19.1. The van der Waals surface area contributed by atoms with Gasteiger partial charge in [-0.3, -0.25) is 4.79 Å². The summed E-state index contributed by atoms with van der Waals surface area (Å²) in [6.07, 6.45) is 5.58. The van der Waals surface area contributed by atoms with Gasteiger partial charge >= 0.3 is 0 Å². The number of hydrogen-bond donors (Lipinski definition) is 0. The highest BCUT2D eigenvalue weighted by molar-refractivity contribution is 6.01. The van der Waals surface area contributed by atoms with Crippen LogP contribution in [-0.4, -0.2) is 5.91 Å². The minimum atomic E-state index is -0.321. The molecule has 0 atom stereocenters. The molecule has 114 valence electrons. The lowest BCUT2D eigenvalue weighted by molar-refractivity contribution is -0.114. The van der Waals surface area contributed by atoms with E-state index in [4.69, 9.17) is 4.42 Å². The highest BCUT2D eigenvalue weighted by Crippen LogP contribution is 2.36. The summed E-state index contributed by atoms with van der Waals surface area (Å²) in [7, 11) is 0. The third-order valence-corrected chi connectivity index (χ3v) is 3.87. The minimum Gasteiger partial charge on any atom is -0.467 e. The highest BCUT2D eigenvalue weighted by Gasteiger charge is 2.25. The van der Waals surface area contributed by atoms with E-state index in [1.165, 1.54) is 12.1 Å². The normalized spacial score (nSPS) is 14.9. The number of rotatable bonds is 5. The van der Waals surface area contributed by atoms with Gasteiger partial charge in [-0.1, -0.05) is 5.57 Å². The zero-order valence-corrected chi connectivity index (χ0v) is 12.5. The summed E-state index contributed by atoms with van der Waals surface area (Å²) in [5.41, 5.74) is 1.76. The van der Waals surface area contributed by atoms with Crippen molar-refractivity contribution >= 4 is 11.6 Å². The van der Waals surface area contributed by atoms with E-state index in [-0.39, 0.29) is 11.7 Å². The van der Waals surface area contributed by atoms with Crippen LogP contribution in [0.3, 0.4) is 0 Å². The fraction of sp³-hybridized carbons (Fsp3) is 0.278. The van der Waals surface area contributed by atoms with Crippen LogP contribution in [0.5, 0.6) is 0 Å². The first-order chi connectivity index (χ1) is 10.6. The van der Waals surface area contributed by atoms with E-state index in [0.717, 1.165) is 18.4 Å². The smallest absolute Gasteiger partial charge is 0.251 e. The van der Waals surface area contributed by atoms with Crippen molar-refractivity contribution in [3.05, 3.63) is 65.9 Å². The fourth-order valence-corrected chi connectivity index (χ4v) is 2.41. The van der Waals surface area contributed by atoms with Gasteiger partial charge in [-0.2, -0.15) is 0 Å². The average Bonchev–Trinajstić information content (AvgIpc) is 3.23. The van der Waals surface area contributed by atoms with Crippen LogP contribution in [0.1, 0.15) is 25.5 Å². The predicted molar refractivity (Wildman–Crippen MR) is 82.8 cm³/mol. The molecule has 1 aromatic carbocycles. The van der Waals surface area contributed by atoms with Crippen molar-refractivity contribution < 1.29 is 13.6 Å². The van der Waals surface area contributed by atoms with Crippen LogP contribution in [-0.2, 0) is 11.3 Å². The summed E-state index contributed by atoms with van der Waals surface area (Å²) in [5, 5.41) is 0. The van der Waals surface area contributed by atoms with E-state index in [2.05, 4.69) is 0 Å². The first-order valence-electron chi connectivity index (χ1n) is 7.41. The molecule has 0 saturated heterocycles. The molecule has 0 N–H and O–H groups in total. The van der Waals surface area contributed by atoms with Crippen molar-refractivity contribution in [2.45, 2.75) is 26.3 Å². The molecule has 3 rings (SSSR count). The second kappa shape index (κ2) is 6.18. The summed E-state index contributed by atoms with van der Waals surface area (Å²) < 4.78 is 18.5. The molecule has 1 saturated carbocycles. The lowest BCUT2D eigenvalue weighted by Crippen LogP contribution is -2.28. The van der Waals surface area contributed by atoms with E-state index in [0.29, 0.717) is 23.9 Å². The first-order valence-corrected chi connectivity index (χ1v) is 7.41. The van der Waals surface area contributed by atoms with Crippen molar-refractivity contribution in [1.29, 1.82) is 0 Å². The Balaban J connectivity index is 1.86. The lowest BCUT2D eigenvalue weighted by atomic mass is 10.1. The standard InChI is InChI=1S/C18H18FNO2/c1-13(14-4-5-14)11-18(21)20(12-17-3-2-10-22-17)16-8-6-15(19)7-9-16/h2-3,6-11,14H,4-5,12H2,1H3/b13-11-. The maximum absolute atomic E-state index is 13.1. The largest absolute Gasteiger partial charge is 0.467 e. The second-order valence-electron chi connectivity index (χ2n) is 5.64. The number of halogens is 1. The zero-order valence-electron chi connectivity index (χ0n) is 12.5. The van der Waals surface area contributed by atoms with Crippen LogP contribution >= 0.6 is 0 Å². The monoisotopic (exact) mass is 299 g/mol. The Labute approximate surface area is 129 Å². The number of amides is 1. The van der Waals surface area contributed by atoms with Gasteiger partial charge in [0, 0.05) is 11.8 Å². The molecule has 0 unspecified atom stereocenters. The number of benzene rings is 1. The second-order valence-corrected chi connectivity index (χ2v) is 5.64. The van der Waals surface area contributed by atoms with Gasteiger partial charge in [0.05, 0.1) is 12.8 Å². The zero-order chi connectivity index (χ0) is 15.5. The Morgan fingerprint density at radius 3 is 2.64 bits per heavy atom. The average molecular weight is 299 g/mol. The maximum atomic E-state index is 13.1. The molecule has 1 amide bonds. The van der Waals surface area contributed by atoms with Crippen LogP contribution in [0.15, 0.2) is 58.7 Å². The van der Waals surface area contributed by atoms with Gasteiger partial charge in [0.25, 0.3) is 5.91 Å². The van der Waals surface area contributed by atoms with Gasteiger partial charge in [-0.15, -0.1) is 0 Å². The Kier molecular flexibility index (Phi) is 4.09. The Bertz CT molecular complexity index is 670. The molecule has 1 heterocycles. The molecular formula is C18H18FNO2. The summed E-state index contributed by atoms with van der Waals surface area (Å²) in [4.78, 5) is 14.2. The number of carbonyl (C=O) groups is 1. The van der Waals surface area contributed by atoms with Crippen molar-refractivity contribution in [2.75, 3.05) is 4.90 Å². The third-order valence-electron chi connectivity index (χ3n) is 3.87. The van der Waals surface area contributed by atoms with E-state index in [9.17, 15) is 9.18 Å². The van der Waals surface area contributed by atoms with E-state index >= 15 is 0 Å². The minimum absolute atomic E-state index is 0.104. The number of hydrogen-bond acceptors (Lipinski definition) is 2. The lowest BCUT2D eigenvalue weighted by Gasteiger charge is -2.20. The van der Waals surface area contributed by atoms with Crippen LogP contribution in [0, 0.1) is 11.7 Å². The van der Waals surface area contributed by atoms with Gasteiger partial charge in [-0.05, 0) is 62.1 Å². The molecule has 2 aromatic rings. The number of nitrogens with zero attached hydrogens (tertiary/aromatic N) is 1. The number of anilines is 1. The SMILES string of the molecule is C/C(=C/C(=O)N(Cc1ccco1)c1ccc(F)cc1)C1CC1. The Morgan fingerprint density at radius 1 is 1.32 bits per heavy atom. The molecule has 0 spiro atoms. The molecule has 1 aromatic heterocycles. The summed E-state index contributed by atoms with van der Waals surface area (Å²) in [6, 6.07) is 9.53. The summed E-state index contributed by atoms with van der Waals surface area (Å²) in [6.45, 7) is 2.32. The molecule has 0 radical (unpaired) electrons. The number of furan rings is 1. The van der Waals surface area contributed by atoms with Crippen molar-refractivity contribution in [3.63, 3.8) is 0 Å². The Hall–Kier alpha value is -2.36. The molecule has 3 nitrogen and oxygen atoms in total. The molecule has 0 bridgehead atoms. The molecular weight excluding hydrogens is 281 g/mol. The van der Waals surface area contributed by atoms with Crippen molar-refractivity contribution in [1.82, 2.24) is 0 Å². The first kappa shape index (κ1) is 14.6. The van der Waals surface area contributed by atoms with Crippen molar-refractivity contribution in [3.8, 4) is 0 Å². The fourth-order valence-electron chi connectivity index (χ4n) is 2.41. The third kappa shape index (κ3) is 3.45. The van der Waals surface area contributed by atoms with Gasteiger partial charge in [0.1, 0.15) is 11.6 Å². The molecule has 1 aliphatic carbocycles. The molecule has 0 aliphatic heterocycles. The number of carbonyl (C=O) groups excluding carboxylic acids is 1. The molecule has 1 aliphatic rings. The van der Waals surface area contributed by atoms with Crippen LogP contribution in [0.2, 0.25) is 0 Å². The van der Waals surface area contributed by atoms with Crippen LogP contribution in [0.4, 0.5) is 10.1 Å². The van der Waals surface area contributed by atoms with E-state index < -0.39 is 0 Å². The topological polar surface area (TPSA) is 33.5 Å². The van der Waals surface area contributed by atoms with Gasteiger partial charge < -0.3 is 9.32 Å². The summed E-state index contributed by atoms with van der Waals surface area (Å²) in [5.74, 6) is 0.809. The summed E-state index contributed by atoms with van der Waals surface area (Å²) >= 11 is 0. The van der Waals surface area contributed by atoms with Gasteiger partial charge in [-0.25, -0.2) is 4.39 Å². The number of allylic oxidation sites excluding steroid dienone is 1. The van der Waals surface area contributed by atoms with E-state index in [1.54, 1.807) is 35.4 Å². The quantitative estimate of drug-likeness (QED) is 0.771.